The van der Waals surface area contributed by atoms with Crippen LogP contribution in [-0.4, -0.2) is 22.0 Å². The summed E-state index contributed by atoms with van der Waals surface area (Å²) in [4.78, 5) is 16.9. The second kappa shape index (κ2) is 10.1. The van der Waals surface area contributed by atoms with Crippen LogP contribution in [0, 0.1) is 5.92 Å². The fourth-order valence-electron chi connectivity index (χ4n) is 3.43. The van der Waals surface area contributed by atoms with Crippen molar-refractivity contribution in [2.24, 2.45) is 5.92 Å². The molecule has 4 heteroatoms. The Hall–Kier alpha value is -2.62. The largest absolute Gasteiger partial charge is 0.356 e. The van der Waals surface area contributed by atoms with Gasteiger partial charge in [0.1, 0.15) is 5.82 Å². The molecular weight excluding hydrogens is 346 g/mol. The Labute approximate surface area is 168 Å². The van der Waals surface area contributed by atoms with Crippen molar-refractivity contribution >= 4 is 16.9 Å². The molecule has 148 valence electrons. The van der Waals surface area contributed by atoms with Crippen molar-refractivity contribution in [2.75, 3.05) is 6.54 Å². The molecule has 1 N–H and O–H groups in total. The fraction of sp³-hybridized carbons (Fsp3) is 0.417. The Morgan fingerprint density at radius 1 is 1.07 bits per heavy atom. The van der Waals surface area contributed by atoms with E-state index in [0.717, 1.165) is 43.6 Å². The summed E-state index contributed by atoms with van der Waals surface area (Å²) < 4.78 is 2.36. The number of aryl methyl sites for hydroxylation is 2. The monoisotopic (exact) mass is 377 g/mol. The normalized spacial score (nSPS) is 12.2. The maximum Gasteiger partial charge on any atom is 0.220 e. The number of hydrogen-bond acceptors (Lipinski definition) is 2. The van der Waals surface area contributed by atoms with Crippen molar-refractivity contribution in [3.63, 3.8) is 0 Å². The minimum atomic E-state index is 0.122. The van der Waals surface area contributed by atoms with Gasteiger partial charge in [-0.3, -0.25) is 4.79 Å². The summed E-state index contributed by atoms with van der Waals surface area (Å²) in [7, 11) is 0. The van der Waals surface area contributed by atoms with Gasteiger partial charge in [0.15, 0.2) is 0 Å². The molecule has 3 aromatic rings. The minimum absolute atomic E-state index is 0.122. The van der Waals surface area contributed by atoms with Gasteiger partial charge in [0.2, 0.25) is 5.91 Å². The van der Waals surface area contributed by atoms with Crippen LogP contribution in [0.1, 0.15) is 44.5 Å². The van der Waals surface area contributed by atoms with Crippen LogP contribution in [0.4, 0.5) is 0 Å². The summed E-state index contributed by atoms with van der Waals surface area (Å²) in [5.41, 5.74) is 3.48. The second-order valence-corrected chi connectivity index (χ2v) is 7.58. The molecule has 0 saturated carbocycles. The highest BCUT2D eigenvalue weighted by atomic mass is 16.1. The molecule has 0 radical (unpaired) electrons. The van der Waals surface area contributed by atoms with E-state index >= 15 is 0 Å². The van der Waals surface area contributed by atoms with E-state index in [-0.39, 0.29) is 5.91 Å². The topological polar surface area (TPSA) is 46.9 Å². The Morgan fingerprint density at radius 3 is 2.61 bits per heavy atom. The molecule has 1 amide bonds. The van der Waals surface area contributed by atoms with Crippen LogP contribution < -0.4 is 5.32 Å². The van der Waals surface area contributed by atoms with E-state index in [2.05, 4.69) is 54.1 Å². The highest BCUT2D eigenvalue weighted by Crippen LogP contribution is 2.19. The number of hydrogen-bond donors (Lipinski definition) is 1. The van der Waals surface area contributed by atoms with Crippen molar-refractivity contribution in [2.45, 2.75) is 52.5 Å². The average Bonchev–Trinajstić information content (AvgIpc) is 3.07. The summed E-state index contributed by atoms with van der Waals surface area (Å²) in [6, 6.07) is 18.5. The van der Waals surface area contributed by atoms with Gasteiger partial charge in [-0.2, -0.15) is 0 Å². The van der Waals surface area contributed by atoms with E-state index < -0.39 is 0 Å². The number of amides is 1. The number of nitrogens with zero attached hydrogens (tertiary/aromatic N) is 2. The third kappa shape index (κ3) is 5.44. The van der Waals surface area contributed by atoms with Crippen molar-refractivity contribution < 1.29 is 4.79 Å². The summed E-state index contributed by atoms with van der Waals surface area (Å²) in [6.07, 6.45) is 4.27. The van der Waals surface area contributed by atoms with Crippen LogP contribution >= 0.6 is 0 Å². The second-order valence-electron chi connectivity index (χ2n) is 7.58. The molecule has 28 heavy (non-hydrogen) atoms. The molecule has 1 unspecified atom stereocenters. The van der Waals surface area contributed by atoms with Crippen LogP contribution in [0.3, 0.4) is 0 Å². The number of nitrogens with one attached hydrogen (secondary N) is 1. The van der Waals surface area contributed by atoms with Gasteiger partial charge < -0.3 is 9.88 Å². The molecule has 4 nitrogen and oxygen atoms in total. The Kier molecular flexibility index (Phi) is 7.24. The van der Waals surface area contributed by atoms with E-state index in [1.54, 1.807) is 0 Å². The predicted octanol–water partition coefficient (Wildman–Crippen LogP) is 4.76. The number of carbonyl (C=O) groups is 1. The van der Waals surface area contributed by atoms with Crippen molar-refractivity contribution in [3.05, 3.63) is 66.0 Å². The average molecular weight is 378 g/mol. The van der Waals surface area contributed by atoms with Crippen LogP contribution in [0.2, 0.25) is 0 Å². The van der Waals surface area contributed by atoms with Gasteiger partial charge in [0.25, 0.3) is 0 Å². The number of imidazole rings is 1. The minimum Gasteiger partial charge on any atom is -0.356 e. The third-order valence-corrected chi connectivity index (χ3v) is 5.31. The predicted molar refractivity (Wildman–Crippen MR) is 115 cm³/mol. The first kappa shape index (κ1) is 20.1. The van der Waals surface area contributed by atoms with E-state index in [1.807, 2.05) is 24.3 Å². The molecule has 1 aromatic heterocycles. The Bertz CT molecular complexity index is 885. The molecule has 0 saturated heterocycles. The smallest absolute Gasteiger partial charge is 0.220 e. The molecule has 3 rings (SSSR count). The third-order valence-electron chi connectivity index (χ3n) is 5.31. The first-order valence-electron chi connectivity index (χ1n) is 10.4. The number of aromatic nitrogens is 2. The summed E-state index contributed by atoms with van der Waals surface area (Å²) in [5.74, 6) is 1.87. The van der Waals surface area contributed by atoms with Gasteiger partial charge in [-0.25, -0.2) is 4.98 Å². The van der Waals surface area contributed by atoms with Crippen molar-refractivity contribution in [1.82, 2.24) is 14.9 Å². The zero-order valence-corrected chi connectivity index (χ0v) is 17.0. The van der Waals surface area contributed by atoms with Gasteiger partial charge >= 0.3 is 0 Å². The summed E-state index contributed by atoms with van der Waals surface area (Å²) in [6.45, 7) is 6.20. The van der Waals surface area contributed by atoms with Crippen LogP contribution in [-0.2, 0) is 24.2 Å². The maximum atomic E-state index is 12.1. The van der Waals surface area contributed by atoms with E-state index in [9.17, 15) is 4.79 Å². The number of fused-ring (bicyclic) bond motifs is 1. The highest BCUT2D eigenvalue weighted by Gasteiger charge is 2.12. The van der Waals surface area contributed by atoms with E-state index in [0.29, 0.717) is 18.9 Å². The quantitative estimate of drug-likeness (QED) is 0.518. The van der Waals surface area contributed by atoms with E-state index in [4.69, 9.17) is 4.98 Å². The molecule has 2 aromatic carbocycles. The zero-order chi connectivity index (χ0) is 19.8. The molecule has 0 fully saturated rings. The fourth-order valence-corrected chi connectivity index (χ4v) is 3.43. The van der Waals surface area contributed by atoms with Crippen LogP contribution in [0.5, 0.6) is 0 Å². The first-order chi connectivity index (χ1) is 13.7. The van der Waals surface area contributed by atoms with Crippen LogP contribution in [0.15, 0.2) is 54.6 Å². The number of carbonyl (C=O) groups excluding carboxylic acids is 1. The van der Waals surface area contributed by atoms with Gasteiger partial charge in [-0.05, 0) is 36.5 Å². The molecule has 0 aliphatic carbocycles. The zero-order valence-electron chi connectivity index (χ0n) is 17.0. The lowest BCUT2D eigenvalue weighted by atomic mass is 10.1. The van der Waals surface area contributed by atoms with Gasteiger partial charge in [0.05, 0.1) is 11.0 Å². The van der Waals surface area contributed by atoms with Crippen molar-refractivity contribution in [1.29, 1.82) is 0 Å². The van der Waals surface area contributed by atoms with Crippen molar-refractivity contribution in [3.8, 4) is 0 Å². The Morgan fingerprint density at radius 2 is 1.82 bits per heavy atom. The standard InChI is InChI=1S/C24H31N3O/c1-3-19(2)18-27-22-13-8-7-12-21(22)26-23(27)14-9-17-25-24(28)16-15-20-10-5-4-6-11-20/h4-8,10-13,19H,3,9,14-18H2,1-2H3,(H,25,28). The molecule has 0 aliphatic rings. The molecule has 0 aliphatic heterocycles. The van der Waals surface area contributed by atoms with Gasteiger partial charge in [0, 0.05) is 25.9 Å². The lowest BCUT2D eigenvalue weighted by molar-refractivity contribution is -0.121. The molecule has 1 atom stereocenters. The number of para-hydroxylation sites is 2. The SMILES string of the molecule is CCC(C)Cn1c(CCCNC(=O)CCc2ccccc2)nc2ccccc21. The number of benzene rings is 2. The van der Waals surface area contributed by atoms with Gasteiger partial charge in [-0.1, -0.05) is 62.7 Å². The molecule has 0 bridgehead atoms. The Balaban J connectivity index is 1.51. The maximum absolute atomic E-state index is 12.1. The highest BCUT2D eigenvalue weighted by molar-refractivity contribution is 5.76. The molecule has 1 heterocycles. The summed E-state index contributed by atoms with van der Waals surface area (Å²) in [5, 5.41) is 3.05. The molecular formula is C24H31N3O. The van der Waals surface area contributed by atoms with Gasteiger partial charge in [-0.15, -0.1) is 0 Å². The molecule has 0 spiro atoms. The lowest BCUT2D eigenvalue weighted by Crippen LogP contribution is -2.25. The lowest BCUT2D eigenvalue weighted by Gasteiger charge is -2.14. The van der Waals surface area contributed by atoms with Crippen LogP contribution in [0.25, 0.3) is 11.0 Å². The number of rotatable bonds is 10. The summed E-state index contributed by atoms with van der Waals surface area (Å²) >= 11 is 0. The van der Waals surface area contributed by atoms with E-state index in [1.165, 1.54) is 11.1 Å². The first-order valence-corrected chi connectivity index (χ1v) is 10.4.